The van der Waals surface area contributed by atoms with Crippen molar-refractivity contribution in [2.45, 2.75) is 12.8 Å². The molecule has 1 aliphatic heterocycles. The topological polar surface area (TPSA) is 55.2 Å². The molecule has 2 heterocycles. The highest BCUT2D eigenvalue weighted by atomic mass is 19.1. The Balaban J connectivity index is 1.54. The molecule has 0 atom stereocenters. The van der Waals surface area contributed by atoms with E-state index in [1.807, 2.05) is 24.3 Å². The normalized spacial score (nSPS) is 14.2. The van der Waals surface area contributed by atoms with Crippen molar-refractivity contribution in [1.29, 1.82) is 0 Å². The fourth-order valence-corrected chi connectivity index (χ4v) is 3.61. The zero-order valence-electron chi connectivity index (χ0n) is 15.6. The summed E-state index contributed by atoms with van der Waals surface area (Å²) < 4.78 is 14.7. The van der Waals surface area contributed by atoms with Crippen LogP contribution in [0.2, 0.25) is 0 Å². The van der Waals surface area contributed by atoms with E-state index in [1.165, 1.54) is 16.8 Å². The van der Waals surface area contributed by atoms with Crippen LogP contribution in [-0.4, -0.2) is 33.7 Å². The molecule has 0 N–H and O–H groups in total. The first-order valence-corrected chi connectivity index (χ1v) is 9.20. The van der Waals surface area contributed by atoms with E-state index in [2.05, 4.69) is 5.10 Å². The van der Waals surface area contributed by atoms with Crippen LogP contribution in [-0.2, 0) is 18.3 Å². The molecule has 3 aromatic rings. The molecule has 0 saturated carbocycles. The first-order chi connectivity index (χ1) is 13.5. The standard InChI is InChI=1S/C22H20FN3O2/c1-25-22(28)19-8-3-2-7-18(19)20(24-25)14-21(27)26-11-9-15(10-12-26)16-5-4-6-17(23)13-16/h2-9,13H,10-12,14H2,1H3. The molecule has 4 rings (SSSR count). The minimum atomic E-state index is -0.260. The molecule has 1 aromatic heterocycles. The summed E-state index contributed by atoms with van der Waals surface area (Å²) in [5.74, 6) is -0.296. The SMILES string of the molecule is Cn1nc(CC(=O)N2CC=C(c3cccc(F)c3)CC2)c2ccccc2c1=O. The monoisotopic (exact) mass is 377 g/mol. The van der Waals surface area contributed by atoms with Crippen LogP contribution in [0.3, 0.4) is 0 Å². The number of rotatable bonds is 3. The summed E-state index contributed by atoms with van der Waals surface area (Å²) in [5, 5.41) is 5.59. The molecule has 0 fully saturated rings. The van der Waals surface area contributed by atoms with Crippen LogP contribution >= 0.6 is 0 Å². The first-order valence-electron chi connectivity index (χ1n) is 9.20. The Labute approximate surface area is 161 Å². The number of carbonyl (C=O) groups is 1. The molecule has 28 heavy (non-hydrogen) atoms. The molecule has 6 heteroatoms. The lowest BCUT2D eigenvalue weighted by Gasteiger charge is -2.27. The average molecular weight is 377 g/mol. The molecule has 1 amide bonds. The van der Waals surface area contributed by atoms with Gasteiger partial charge in [-0.15, -0.1) is 0 Å². The quantitative estimate of drug-likeness (QED) is 0.705. The molecule has 5 nitrogen and oxygen atoms in total. The van der Waals surface area contributed by atoms with Crippen LogP contribution in [0.15, 0.2) is 59.4 Å². The van der Waals surface area contributed by atoms with Gasteiger partial charge < -0.3 is 4.90 Å². The second kappa shape index (κ2) is 7.38. The van der Waals surface area contributed by atoms with E-state index in [1.54, 1.807) is 30.1 Å². The van der Waals surface area contributed by atoms with Crippen molar-refractivity contribution in [2.75, 3.05) is 13.1 Å². The van der Waals surface area contributed by atoms with Crippen molar-refractivity contribution in [3.05, 3.63) is 82.0 Å². The van der Waals surface area contributed by atoms with Crippen LogP contribution in [0.1, 0.15) is 17.7 Å². The van der Waals surface area contributed by atoms with E-state index in [0.717, 1.165) is 11.1 Å². The van der Waals surface area contributed by atoms with Gasteiger partial charge in [-0.3, -0.25) is 9.59 Å². The number of carbonyl (C=O) groups excluding carboxylic acids is 1. The smallest absolute Gasteiger partial charge is 0.274 e. The molecule has 0 aliphatic carbocycles. The molecule has 0 spiro atoms. The number of halogens is 1. The van der Waals surface area contributed by atoms with Crippen LogP contribution in [0.25, 0.3) is 16.3 Å². The lowest BCUT2D eigenvalue weighted by molar-refractivity contribution is -0.130. The van der Waals surface area contributed by atoms with Crippen molar-refractivity contribution in [3.63, 3.8) is 0 Å². The van der Waals surface area contributed by atoms with Crippen LogP contribution in [0.4, 0.5) is 4.39 Å². The summed E-state index contributed by atoms with van der Waals surface area (Å²) in [6.45, 7) is 1.05. The fourth-order valence-electron chi connectivity index (χ4n) is 3.61. The van der Waals surface area contributed by atoms with Gasteiger partial charge in [0.15, 0.2) is 0 Å². The predicted molar refractivity (Wildman–Crippen MR) is 106 cm³/mol. The molecular weight excluding hydrogens is 357 g/mol. The molecule has 142 valence electrons. The summed E-state index contributed by atoms with van der Waals surface area (Å²) in [6, 6.07) is 13.7. The Hall–Kier alpha value is -3.28. The van der Waals surface area contributed by atoms with Crippen molar-refractivity contribution in [2.24, 2.45) is 7.05 Å². The lowest BCUT2D eigenvalue weighted by Crippen LogP contribution is -2.36. The maximum absolute atomic E-state index is 13.4. The maximum Gasteiger partial charge on any atom is 0.274 e. The zero-order chi connectivity index (χ0) is 19.7. The highest BCUT2D eigenvalue weighted by molar-refractivity contribution is 5.88. The van der Waals surface area contributed by atoms with Crippen molar-refractivity contribution in [3.8, 4) is 0 Å². The minimum Gasteiger partial charge on any atom is -0.338 e. The molecule has 0 bridgehead atoms. The van der Waals surface area contributed by atoms with Gasteiger partial charge in [0.05, 0.1) is 17.5 Å². The van der Waals surface area contributed by atoms with Gasteiger partial charge in [0, 0.05) is 25.5 Å². The average Bonchev–Trinajstić information content (AvgIpc) is 2.72. The number of hydrogen-bond donors (Lipinski definition) is 0. The predicted octanol–water partition coefficient (Wildman–Crippen LogP) is 2.93. The number of hydrogen-bond acceptors (Lipinski definition) is 3. The molecule has 2 aromatic carbocycles. The van der Waals surface area contributed by atoms with Gasteiger partial charge in [0.1, 0.15) is 5.82 Å². The summed E-state index contributed by atoms with van der Waals surface area (Å²) in [4.78, 5) is 26.8. The number of aryl methyl sites for hydroxylation is 1. The van der Waals surface area contributed by atoms with Gasteiger partial charge >= 0.3 is 0 Å². The highest BCUT2D eigenvalue weighted by Crippen LogP contribution is 2.23. The molecule has 0 radical (unpaired) electrons. The maximum atomic E-state index is 13.4. The Bertz CT molecular complexity index is 1150. The zero-order valence-corrected chi connectivity index (χ0v) is 15.6. The van der Waals surface area contributed by atoms with Gasteiger partial charge in [0.25, 0.3) is 5.56 Å². The third-order valence-corrected chi connectivity index (χ3v) is 5.11. The number of amides is 1. The number of benzene rings is 2. The second-order valence-corrected chi connectivity index (χ2v) is 6.93. The Morgan fingerprint density at radius 3 is 2.64 bits per heavy atom. The Morgan fingerprint density at radius 1 is 1.14 bits per heavy atom. The van der Waals surface area contributed by atoms with E-state index in [4.69, 9.17) is 0 Å². The van der Waals surface area contributed by atoms with Gasteiger partial charge in [-0.2, -0.15) is 5.10 Å². The molecule has 0 saturated heterocycles. The third-order valence-electron chi connectivity index (χ3n) is 5.11. The van der Waals surface area contributed by atoms with E-state index >= 15 is 0 Å². The van der Waals surface area contributed by atoms with Crippen LogP contribution < -0.4 is 5.56 Å². The van der Waals surface area contributed by atoms with Gasteiger partial charge in [-0.05, 0) is 35.8 Å². The second-order valence-electron chi connectivity index (χ2n) is 6.93. The van der Waals surface area contributed by atoms with E-state index in [-0.39, 0.29) is 23.7 Å². The number of fused-ring (bicyclic) bond motifs is 1. The molecule has 0 unspecified atom stereocenters. The fraction of sp³-hybridized carbons (Fsp3) is 0.227. The van der Waals surface area contributed by atoms with Gasteiger partial charge in [0.2, 0.25) is 5.91 Å². The first kappa shape index (κ1) is 18.1. The summed E-state index contributed by atoms with van der Waals surface area (Å²) in [5.41, 5.74) is 2.34. The summed E-state index contributed by atoms with van der Waals surface area (Å²) in [7, 11) is 1.59. The van der Waals surface area contributed by atoms with E-state index in [9.17, 15) is 14.0 Å². The van der Waals surface area contributed by atoms with Gasteiger partial charge in [-0.25, -0.2) is 9.07 Å². The van der Waals surface area contributed by atoms with E-state index in [0.29, 0.717) is 36.0 Å². The highest BCUT2D eigenvalue weighted by Gasteiger charge is 2.20. The van der Waals surface area contributed by atoms with Crippen molar-refractivity contribution < 1.29 is 9.18 Å². The largest absolute Gasteiger partial charge is 0.338 e. The summed E-state index contributed by atoms with van der Waals surface area (Å²) >= 11 is 0. The van der Waals surface area contributed by atoms with Gasteiger partial charge in [-0.1, -0.05) is 36.4 Å². The van der Waals surface area contributed by atoms with Crippen molar-refractivity contribution >= 4 is 22.3 Å². The Morgan fingerprint density at radius 2 is 1.93 bits per heavy atom. The third kappa shape index (κ3) is 3.45. The van der Waals surface area contributed by atoms with Crippen LogP contribution in [0, 0.1) is 5.82 Å². The number of aromatic nitrogens is 2. The number of nitrogens with zero attached hydrogens (tertiary/aromatic N) is 3. The van der Waals surface area contributed by atoms with Crippen molar-refractivity contribution in [1.82, 2.24) is 14.7 Å². The minimum absolute atomic E-state index is 0.0363. The Kier molecular flexibility index (Phi) is 4.77. The molecule has 1 aliphatic rings. The lowest BCUT2D eigenvalue weighted by atomic mass is 9.99. The summed E-state index contributed by atoms with van der Waals surface area (Å²) in [6.07, 6.45) is 2.79. The van der Waals surface area contributed by atoms with Crippen LogP contribution in [0.5, 0.6) is 0 Å². The molecular formula is C22H20FN3O2. The van der Waals surface area contributed by atoms with E-state index < -0.39 is 0 Å².